The lowest BCUT2D eigenvalue weighted by Gasteiger charge is -2.29. The minimum absolute atomic E-state index is 0. The highest BCUT2D eigenvalue weighted by atomic mass is 79.9. The summed E-state index contributed by atoms with van der Waals surface area (Å²) in [6.45, 7) is 1.47. The van der Waals surface area contributed by atoms with E-state index in [9.17, 15) is 5.11 Å². The van der Waals surface area contributed by atoms with E-state index in [4.69, 9.17) is 22.1 Å². The number of hydrogen-bond donors (Lipinski definition) is 2. The summed E-state index contributed by atoms with van der Waals surface area (Å²) in [4.78, 5) is 0. The van der Waals surface area contributed by atoms with Gasteiger partial charge in [-0.3, -0.25) is 0 Å². The summed E-state index contributed by atoms with van der Waals surface area (Å²) >= 11 is 9.34. The molecule has 1 saturated heterocycles. The van der Waals surface area contributed by atoms with Crippen molar-refractivity contribution >= 4 is 39.9 Å². The summed E-state index contributed by atoms with van der Waals surface area (Å²) in [5.74, 6) is 0.407. The molecular formula is C12H16BrCl2NO2. The Morgan fingerprint density at radius 3 is 2.61 bits per heavy atom. The number of aromatic hydroxyl groups is 1. The summed E-state index contributed by atoms with van der Waals surface area (Å²) in [5.41, 5.74) is 6.93. The summed E-state index contributed by atoms with van der Waals surface area (Å²) in [6, 6.07) is 3.25. The van der Waals surface area contributed by atoms with Crippen molar-refractivity contribution in [1.82, 2.24) is 0 Å². The maximum atomic E-state index is 10.0. The van der Waals surface area contributed by atoms with Crippen LogP contribution in [0.3, 0.4) is 0 Å². The molecule has 1 aliphatic heterocycles. The number of nitrogens with two attached hydrogens (primary N) is 1. The molecule has 0 spiro atoms. The molecule has 1 heterocycles. The maximum Gasteiger partial charge on any atom is 0.140 e. The molecule has 3 N–H and O–H groups in total. The molecule has 0 radical (unpaired) electrons. The summed E-state index contributed by atoms with van der Waals surface area (Å²) in [7, 11) is 0. The van der Waals surface area contributed by atoms with Crippen LogP contribution in [0.1, 0.15) is 24.4 Å². The van der Waals surface area contributed by atoms with E-state index in [2.05, 4.69) is 15.9 Å². The van der Waals surface area contributed by atoms with Crippen molar-refractivity contribution in [2.24, 2.45) is 11.7 Å². The molecule has 102 valence electrons. The molecule has 1 atom stereocenters. The van der Waals surface area contributed by atoms with Crippen molar-refractivity contribution in [2.45, 2.75) is 18.9 Å². The first-order valence-electron chi connectivity index (χ1n) is 5.61. The Morgan fingerprint density at radius 2 is 2.00 bits per heavy atom. The quantitative estimate of drug-likeness (QED) is 0.850. The fourth-order valence-electron chi connectivity index (χ4n) is 2.18. The van der Waals surface area contributed by atoms with Crippen LogP contribution in [0, 0.1) is 5.92 Å². The second-order valence-electron chi connectivity index (χ2n) is 4.27. The second kappa shape index (κ2) is 6.96. The molecule has 0 bridgehead atoms. The van der Waals surface area contributed by atoms with Gasteiger partial charge < -0.3 is 15.6 Å². The summed E-state index contributed by atoms with van der Waals surface area (Å²) < 4.78 is 6.12. The van der Waals surface area contributed by atoms with Crippen molar-refractivity contribution in [3.63, 3.8) is 0 Å². The standard InChI is InChI=1S/C12H15BrClNO2.ClH/c13-8-1-2-9(14)12(16)10(8)11(15)7-3-5-17-6-4-7;/h1-2,7,11,16H,3-6,15H2;1H/t11-;/m1./s1. The minimum atomic E-state index is -0.216. The van der Waals surface area contributed by atoms with E-state index in [0.29, 0.717) is 16.5 Å². The molecule has 1 aliphatic rings. The minimum Gasteiger partial charge on any atom is -0.506 e. The molecule has 6 heteroatoms. The first-order chi connectivity index (χ1) is 8.11. The van der Waals surface area contributed by atoms with Crippen LogP contribution in [0.25, 0.3) is 0 Å². The van der Waals surface area contributed by atoms with E-state index in [1.54, 1.807) is 6.07 Å². The smallest absolute Gasteiger partial charge is 0.140 e. The topological polar surface area (TPSA) is 55.5 Å². The van der Waals surface area contributed by atoms with E-state index in [1.807, 2.05) is 6.07 Å². The molecular weight excluding hydrogens is 341 g/mol. The molecule has 1 aromatic rings. The van der Waals surface area contributed by atoms with E-state index in [1.165, 1.54) is 0 Å². The highest BCUT2D eigenvalue weighted by molar-refractivity contribution is 9.10. The van der Waals surface area contributed by atoms with E-state index < -0.39 is 0 Å². The van der Waals surface area contributed by atoms with Gasteiger partial charge in [-0.1, -0.05) is 27.5 Å². The number of phenolic OH excluding ortho intramolecular Hbond substituents is 1. The molecule has 3 nitrogen and oxygen atoms in total. The van der Waals surface area contributed by atoms with Gasteiger partial charge in [0.15, 0.2) is 0 Å². The van der Waals surface area contributed by atoms with Gasteiger partial charge >= 0.3 is 0 Å². The largest absolute Gasteiger partial charge is 0.506 e. The van der Waals surface area contributed by atoms with Gasteiger partial charge in [-0.15, -0.1) is 12.4 Å². The van der Waals surface area contributed by atoms with Crippen LogP contribution in [0.2, 0.25) is 5.02 Å². The summed E-state index contributed by atoms with van der Waals surface area (Å²) in [5, 5.41) is 10.3. The summed E-state index contributed by atoms with van der Waals surface area (Å²) in [6.07, 6.45) is 1.83. The third-order valence-corrected chi connectivity index (χ3v) is 4.22. The monoisotopic (exact) mass is 355 g/mol. The van der Waals surface area contributed by atoms with Gasteiger partial charge in [0.2, 0.25) is 0 Å². The van der Waals surface area contributed by atoms with Gasteiger partial charge in [-0.2, -0.15) is 0 Å². The van der Waals surface area contributed by atoms with Crippen LogP contribution in [0.15, 0.2) is 16.6 Å². The molecule has 1 aromatic carbocycles. The number of benzene rings is 1. The first kappa shape index (κ1) is 16.1. The Kier molecular flexibility index (Phi) is 6.21. The highest BCUT2D eigenvalue weighted by Gasteiger charge is 2.26. The van der Waals surface area contributed by atoms with Crippen LogP contribution in [0.5, 0.6) is 5.75 Å². The predicted molar refractivity (Wildman–Crippen MR) is 78.5 cm³/mol. The van der Waals surface area contributed by atoms with Crippen LogP contribution in [0.4, 0.5) is 0 Å². The molecule has 1 fully saturated rings. The Balaban J connectivity index is 0.00000162. The fraction of sp³-hybridized carbons (Fsp3) is 0.500. The normalized spacial score (nSPS) is 18.2. The average Bonchev–Trinajstić information content (AvgIpc) is 2.35. The Morgan fingerprint density at radius 1 is 1.39 bits per heavy atom. The highest BCUT2D eigenvalue weighted by Crippen LogP contribution is 2.40. The maximum absolute atomic E-state index is 10.0. The Labute approximate surface area is 126 Å². The molecule has 0 unspecified atom stereocenters. The van der Waals surface area contributed by atoms with E-state index in [0.717, 1.165) is 30.5 Å². The lowest BCUT2D eigenvalue weighted by molar-refractivity contribution is 0.0580. The fourth-order valence-corrected chi connectivity index (χ4v) is 2.93. The van der Waals surface area contributed by atoms with Crippen LogP contribution in [-0.2, 0) is 4.74 Å². The number of ether oxygens (including phenoxy) is 1. The molecule has 0 amide bonds. The zero-order chi connectivity index (χ0) is 12.4. The zero-order valence-electron chi connectivity index (χ0n) is 9.73. The van der Waals surface area contributed by atoms with E-state index in [-0.39, 0.29) is 24.2 Å². The number of hydrogen-bond acceptors (Lipinski definition) is 3. The molecule has 0 aliphatic carbocycles. The van der Waals surface area contributed by atoms with Crippen molar-refractivity contribution in [3.05, 3.63) is 27.2 Å². The lowest BCUT2D eigenvalue weighted by atomic mass is 9.87. The molecule has 2 rings (SSSR count). The van der Waals surface area contributed by atoms with Gasteiger partial charge in [0.25, 0.3) is 0 Å². The third-order valence-electron chi connectivity index (χ3n) is 3.22. The molecule has 0 aromatic heterocycles. The molecule has 18 heavy (non-hydrogen) atoms. The SMILES string of the molecule is Cl.N[C@@H](c1c(Br)ccc(Cl)c1O)C1CCOCC1. The number of halogens is 3. The van der Waals surface area contributed by atoms with Crippen molar-refractivity contribution in [2.75, 3.05) is 13.2 Å². The Bertz CT molecular complexity index is 411. The molecule has 0 saturated carbocycles. The first-order valence-corrected chi connectivity index (χ1v) is 6.78. The predicted octanol–water partition coefficient (Wildman–Crippen LogP) is 3.66. The van der Waals surface area contributed by atoms with Crippen LogP contribution in [-0.4, -0.2) is 18.3 Å². The van der Waals surface area contributed by atoms with Crippen molar-refractivity contribution in [1.29, 1.82) is 0 Å². The zero-order valence-corrected chi connectivity index (χ0v) is 12.9. The van der Waals surface area contributed by atoms with Gasteiger partial charge in [-0.05, 0) is 30.9 Å². The van der Waals surface area contributed by atoms with Gasteiger partial charge in [0.05, 0.1) is 5.02 Å². The third kappa shape index (κ3) is 3.31. The van der Waals surface area contributed by atoms with Gasteiger partial charge in [0.1, 0.15) is 5.75 Å². The average molecular weight is 357 g/mol. The number of rotatable bonds is 2. The van der Waals surface area contributed by atoms with Crippen molar-refractivity contribution in [3.8, 4) is 5.75 Å². The van der Waals surface area contributed by atoms with Gasteiger partial charge in [0, 0.05) is 29.3 Å². The van der Waals surface area contributed by atoms with E-state index >= 15 is 0 Å². The Hall–Kier alpha value is -0.0000000000000000763. The van der Waals surface area contributed by atoms with Crippen molar-refractivity contribution < 1.29 is 9.84 Å². The number of phenols is 1. The van der Waals surface area contributed by atoms with Gasteiger partial charge in [-0.25, -0.2) is 0 Å². The lowest BCUT2D eigenvalue weighted by Crippen LogP contribution is -2.27. The van der Waals surface area contributed by atoms with Crippen LogP contribution >= 0.6 is 39.9 Å². The van der Waals surface area contributed by atoms with Crippen LogP contribution < -0.4 is 5.73 Å². The second-order valence-corrected chi connectivity index (χ2v) is 5.53.